The zero-order valence-corrected chi connectivity index (χ0v) is 11.6. The highest BCUT2D eigenvalue weighted by atomic mass is 16.5. The van der Waals surface area contributed by atoms with Gasteiger partial charge in [0.15, 0.2) is 0 Å². The minimum absolute atomic E-state index is 0.233. The Kier molecular flexibility index (Phi) is 3.55. The second-order valence-corrected chi connectivity index (χ2v) is 4.50. The third kappa shape index (κ3) is 2.86. The number of hydrogen-bond donors (Lipinski definition) is 1. The lowest BCUT2D eigenvalue weighted by atomic mass is 10.3. The van der Waals surface area contributed by atoms with Gasteiger partial charge in [0.05, 0.1) is 6.61 Å². The molecule has 0 fully saturated rings. The van der Waals surface area contributed by atoms with Gasteiger partial charge in [-0.3, -0.25) is 4.79 Å². The van der Waals surface area contributed by atoms with E-state index >= 15 is 0 Å². The number of carbonyl (C=O) groups is 1. The summed E-state index contributed by atoms with van der Waals surface area (Å²) in [5.74, 6) is 0.547. The van der Waals surface area contributed by atoms with Crippen LogP contribution in [-0.4, -0.2) is 21.9 Å². The summed E-state index contributed by atoms with van der Waals surface area (Å²) in [4.78, 5) is 16.5. The van der Waals surface area contributed by atoms with Crippen molar-refractivity contribution in [3.63, 3.8) is 0 Å². The fraction of sp³-hybridized carbons (Fsp3) is 0.125. The number of aromatic nitrogens is 2. The molecule has 3 aromatic rings. The van der Waals surface area contributed by atoms with E-state index in [4.69, 9.17) is 4.74 Å². The first-order valence-electron chi connectivity index (χ1n) is 6.74. The van der Waals surface area contributed by atoms with Crippen molar-refractivity contribution < 1.29 is 9.53 Å². The smallest absolute Gasteiger partial charge is 0.275 e. The van der Waals surface area contributed by atoms with Crippen LogP contribution in [0, 0.1) is 0 Å². The third-order valence-corrected chi connectivity index (χ3v) is 3.02. The Morgan fingerprint density at radius 2 is 2.05 bits per heavy atom. The number of pyridine rings is 1. The molecule has 0 saturated carbocycles. The van der Waals surface area contributed by atoms with Gasteiger partial charge in [-0.2, -0.15) is 0 Å². The number of imidazole rings is 1. The van der Waals surface area contributed by atoms with Crippen molar-refractivity contribution in [2.75, 3.05) is 11.9 Å². The summed E-state index contributed by atoms with van der Waals surface area (Å²) in [7, 11) is 0. The van der Waals surface area contributed by atoms with Gasteiger partial charge in [0.1, 0.15) is 17.1 Å². The molecular weight excluding hydrogens is 266 g/mol. The van der Waals surface area contributed by atoms with Gasteiger partial charge in [-0.25, -0.2) is 4.98 Å². The molecule has 1 aromatic carbocycles. The molecular formula is C16H15N3O2. The molecule has 0 atom stereocenters. The Bertz CT molecular complexity index is 730. The van der Waals surface area contributed by atoms with Crippen LogP contribution < -0.4 is 10.1 Å². The fourth-order valence-electron chi connectivity index (χ4n) is 2.04. The molecule has 0 aliphatic carbocycles. The van der Waals surface area contributed by atoms with E-state index < -0.39 is 0 Å². The van der Waals surface area contributed by atoms with Crippen molar-refractivity contribution >= 4 is 17.2 Å². The van der Waals surface area contributed by atoms with E-state index in [9.17, 15) is 4.79 Å². The van der Waals surface area contributed by atoms with Crippen molar-refractivity contribution in [3.05, 3.63) is 60.6 Å². The van der Waals surface area contributed by atoms with Crippen molar-refractivity contribution in [3.8, 4) is 5.75 Å². The van der Waals surface area contributed by atoms with E-state index in [2.05, 4.69) is 10.3 Å². The number of ether oxygens (including phenoxy) is 1. The molecule has 0 spiro atoms. The Morgan fingerprint density at radius 3 is 2.76 bits per heavy atom. The zero-order chi connectivity index (χ0) is 14.7. The van der Waals surface area contributed by atoms with Crippen molar-refractivity contribution in [2.45, 2.75) is 6.92 Å². The van der Waals surface area contributed by atoms with Crippen molar-refractivity contribution in [1.82, 2.24) is 9.38 Å². The van der Waals surface area contributed by atoms with Crippen LogP contribution in [0.2, 0.25) is 0 Å². The van der Waals surface area contributed by atoms with Crippen LogP contribution in [0.3, 0.4) is 0 Å². The van der Waals surface area contributed by atoms with Crippen molar-refractivity contribution in [2.24, 2.45) is 0 Å². The average Bonchev–Trinajstić information content (AvgIpc) is 2.94. The predicted octanol–water partition coefficient (Wildman–Crippen LogP) is 2.99. The maximum Gasteiger partial charge on any atom is 0.275 e. The summed E-state index contributed by atoms with van der Waals surface area (Å²) in [5.41, 5.74) is 1.84. The Hall–Kier alpha value is -2.82. The number of rotatable bonds is 4. The lowest BCUT2D eigenvalue weighted by molar-refractivity contribution is 0.102. The molecule has 3 rings (SSSR count). The Balaban J connectivity index is 1.76. The lowest BCUT2D eigenvalue weighted by Crippen LogP contribution is -2.12. The molecule has 0 saturated heterocycles. The van der Waals surface area contributed by atoms with Crippen molar-refractivity contribution in [1.29, 1.82) is 0 Å². The molecule has 0 aliphatic heterocycles. The minimum atomic E-state index is -0.233. The first-order valence-corrected chi connectivity index (χ1v) is 6.74. The molecule has 5 nitrogen and oxygen atoms in total. The second kappa shape index (κ2) is 5.66. The number of benzene rings is 1. The zero-order valence-electron chi connectivity index (χ0n) is 11.6. The fourth-order valence-corrected chi connectivity index (χ4v) is 2.04. The summed E-state index contributed by atoms with van der Waals surface area (Å²) in [6.07, 6.45) is 3.56. The highest BCUT2D eigenvalue weighted by Crippen LogP contribution is 2.16. The van der Waals surface area contributed by atoms with E-state index in [1.807, 2.05) is 47.9 Å². The largest absolute Gasteiger partial charge is 0.494 e. The molecule has 0 bridgehead atoms. The number of amides is 1. The van der Waals surface area contributed by atoms with E-state index in [-0.39, 0.29) is 5.91 Å². The first kappa shape index (κ1) is 13.2. The molecule has 2 heterocycles. The molecule has 0 radical (unpaired) electrons. The SMILES string of the molecule is CCOc1ccc(NC(=O)c2cn3ccccc3n2)cc1. The average molecular weight is 281 g/mol. The molecule has 2 aromatic heterocycles. The van der Waals surface area contributed by atoms with Gasteiger partial charge in [-0.15, -0.1) is 0 Å². The minimum Gasteiger partial charge on any atom is -0.494 e. The van der Waals surface area contributed by atoms with Crippen LogP contribution in [0.1, 0.15) is 17.4 Å². The van der Waals surface area contributed by atoms with Crippen LogP contribution in [0.5, 0.6) is 5.75 Å². The van der Waals surface area contributed by atoms with Gasteiger partial charge < -0.3 is 14.5 Å². The van der Waals surface area contributed by atoms with Gasteiger partial charge >= 0.3 is 0 Å². The van der Waals surface area contributed by atoms with Gasteiger partial charge in [0, 0.05) is 18.1 Å². The van der Waals surface area contributed by atoms with Gasteiger partial charge in [-0.05, 0) is 43.3 Å². The molecule has 1 amide bonds. The van der Waals surface area contributed by atoms with E-state index in [0.29, 0.717) is 18.0 Å². The Morgan fingerprint density at radius 1 is 1.24 bits per heavy atom. The molecule has 1 N–H and O–H groups in total. The van der Waals surface area contributed by atoms with Gasteiger partial charge in [0.2, 0.25) is 0 Å². The van der Waals surface area contributed by atoms with E-state index in [0.717, 1.165) is 11.4 Å². The summed E-state index contributed by atoms with van der Waals surface area (Å²) in [6, 6.07) is 12.9. The summed E-state index contributed by atoms with van der Waals surface area (Å²) < 4.78 is 7.17. The Labute approximate surface area is 122 Å². The number of anilines is 1. The first-order chi connectivity index (χ1) is 10.3. The highest BCUT2D eigenvalue weighted by Gasteiger charge is 2.10. The molecule has 0 unspecified atom stereocenters. The van der Waals surface area contributed by atoms with Gasteiger partial charge in [-0.1, -0.05) is 6.07 Å². The number of hydrogen-bond acceptors (Lipinski definition) is 3. The topological polar surface area (TPSA) is 55.6 Å². The van der Waals surface area contributed by atoms with Crippen LogP contribution in [-0.2, 0) is 0 Å². The normalized spacial score (nSPS) is 10.5. The third-order valence-electron chi connectivity index (χ3n) is 3.02. The molecule has 21 heavy (non-hydrogen) atoms. The van der Waals surface area contributed by atoms with Crippen LogP contribution >= 0.6 is 0 Å². The van der Waals surface area contributed by atoms with E-state index in [1.165, 1.54) is 0 Å². The maximum absolute atomic E-state index is 12.2. The number of nitrogens with one attached hydrogen (secondary N) is 1. The maximum atomic E-state index is 12.2. The monoisotopic (exact) mass is 281 g/mol. The predicted molar refractivity (Wildman–Crippen MR) is 80.8 cm³/mol. The van der Waals surface area contributed by atoms with Crippen LogP contribution in [0.4, 0.5) is 5.69 Å². The number of fused-ring (bicyclic) bond motifs is 1. The second-order valence-electron chi connectivity index (χ2n) is 4.50. The standard InChI is InChI=1S/C16H15N3O2/c1-2-21-13-8-6-12(7-9-13)17-16(20)14-11-19-10-4-3-5-15(19)18-14/h3-11H,2H2,1H3,(H,17,20). The summed E-state index contributed by atoms with van der Waals surface area (Å²) >= 11 is 0. The number of carbonyl (C=O) groups excluding carboxylic acids is 1. The highest BCUT2D eigenvalue weighted by molar-refractivity contribution is 6.03. The van der Waals surface area contributed by atoms with Crippen LogP contribution in [0.25, 0.3) is 5.65 Å². The van der Waals surface area contributed by atoms with E-state index in [1.54, 1.807) is 18.3 Å². The summed E-state index contributed by atoms with van der Waals surface area (Å²) in [5, 5.41) is 2.82. The summed E-state index contributed by atoms with van der Waals surface area (Å²) in [6.45, 7) is 2.55. The molecule has 5 heteroatoms. The molecule has 0 aliphatic rings. The quantitative estimate of drug-likeness (QED) is 0.800. The lowest BCUT2D eigenvalue weighted by Gasteiger charge is -2.05. The van der Waals surface area contributed by atoms with Gasteiger partial charge in [0.25, 0.3) is 5.91 Å². The number of nitrogens with zero attached hydrogens (tertiary/aromatic N) is 2. The van der Waals surface area contributed by atoms with Crippen LogP contribution in [0.15, 0.2) is 54.9 Å². The molecule has 106 valence electrons.